The Morgan fingerprint density at radius 1 is 1.38 bits per heavy atom. The molecular formula is C17H21N5O3S. The number of ether oxygens (including phenoxy) is 1. The number of ketones is 1. The van der Waals surface area contributed by atoms with Crippen LogP contribution in [0.3, 0.4) is 0 Å². The van der Waals surface area contributed by atoms with Crippen LogP contribution in [0.25, 0.3) is 0 Å². The van der Waals surface area contributed by atoms with Gasteiger partial charge >= 0.3 is 0 Å². The highest BCUT2D eigenvalue weighted by Crippen LogP contribution is 2.21. The molecule has 0 aliphatic rings. The Morgan fingerprint density at radius 3 is 2.96 bits per heavy atom. The zero-order valence-electron chi connectivity index (χ0n) is 15.0. The molecule has 0 spiro atoms. The van der Waals surface area contributed by atoms with Crippen molar-refractivity contribution in [3.63, 3.8) is 0 Å². The summed E-state index contributed by atoms with van der Waals surface area (Å²) in [7, 11) is 1.67. The van der Waals surface area contributed by atoms with Crippen molar-refractivity contribution in [2.24, 2.45) is 0 Å². The van der Waals surface area contributed by atoms with E-state index in [0.717, 1.165) is 29.3 Å². The van der Waals surface area contributed by atoms with Crippen molar-refractivity contribution in [2.75, 3.05) is 19.5 Å². The highest BCUT2D eigenvalue weighted by molar-refractivity contribution is 7.99. The average Bonchev–Trinajstić information content (AvgIpc) is 3.35. The van der Waals surface area contributed by atoms with Crippen LogP contribution in [0.4, 0.5) is 0 Å². The Morgan fingerprint density at radius 2 is 2.23 bits per heavy atom. The van der Waals surface area contributed by atoms with Crippen LogP contribution in [0.1, 0.15) is 27.5 Å². The van der Waals surface area contributed by atoms with Crippen LogP contribution < -0.4 is 0 Å². The second kappa shape index (κ2) is 8.33. The summed E-state index contributed by atoms with van der Waals surface area (Å²) in [5.41, 5.74) is 2.74. The van der Waals surface area contributed by atoms with Crippen LogP contribution >= 0.6 is 11.8 Å². The lowest BCUT2D eigenvalue weighted by Crippen LogP contribution is -2.10. The molecule has 26 heavy (non-hydrogen) atoms. The number of Topliss-reactive ketones (excluding diaryl/α,β-unsaturated/α-hetero) is 1. The van der Waals surface area contributed by atoms with Gasteiger partial charge in [0.05, 0.1) is 18.6 Å². The molecule has 3 aromatic rings. The van der Waals surface area contributed by atoms with E-state index in [1.165, 1.54) is 11.8 Å². The molecule has 0 saturated carbocycles. The first kappa shape index (κ1) is 18.4. The van der Waals surface area contributed by atoms with Crippen molar-refractivity contribution < 1.29 is 13.9 Å². The van der Waals surface area contributed by atoms with Crippen molar-refractivity contribution in [1.82, 2.24) is 24.8 Å². The number of aryl methyl sites for hydroxylation is 1. The van der Waals surface area contributed by atoms with Gasteiger partial charge in [-0.05, 0) is 42.5 Å². The summed E-state index contributed by atoms with van der Waals surface area (Å²) in [5.74, 6) is 1.08. The van der Waals surface area contributed by atoms with Crippen LogP contribution in [0.15, 0.2) is 34.0 Å². The smallest absolute Gasteiger partial charge is 0.210 e. The van der Waals surface area contributed by atoms with E-state index in [2.05, 4.69) is 20.1 Å². The van der Waals surface area contributed by atoms with E-state index in [1.807, 2.05) is 32.0 Å². The number of carbonyl (C=O) groups is 1. The third-order valence-electron chi connectivity index (χ3n) is 4.11. The minimum atomic E-state index is 0.0549. The molecule has 0 aromatic carbocycles. The number of methoxy groups -OCH3 is 1. The van der Waals surface area contributed by atoms with Gasteiger partial charge in [0.1, 0.15) is 12.3 Å². The summed E-state index contributed by atoms with van der Waals surface area (Å²) < 4.78 is 14.2. The summed E-state index contributed by atoms with van der Waals surface area (Å²) in [6.07, 6.45) is 1.61. The average molecular weight is 375 g/mol. The lowest BCUT2D eigenvalue weighted by Gasteiger charge is -2.08. The Bertz CT molecular complexity index is 869. The molecule has 8 nitrogen and oxygen atoms in total. The van der Waals surface area contributed by atoms with Crippen molar-refractivity contribution in [3.8, 4) is 0 Å². The quantitative estimate of drug-likeness (QED) is 0.419. The normalized spacial score (nSPS) is 11.2. The third-order valence-corrected chi connectivity index (χ3v) is 5.07. The van der Waals surface area contributed by atoms with Crippen LogP contribution in [0.5, 0.6) is 0 Å². The van der Waals surface area contributed by atoms with E-state index in [4.69, 9.17) is 9.15 Å². The number of thioether (sulfide) groups is 1. The van der Waals surface area contributed by atoms with Gasteiger partial charge in [-0.15, -0.1) is 5.10 Å². The summed E-state index contributed by atoms with van der Waals surface area (Å²) >= 11 is 1.32. The molecule has 138 valence electrons. The largest absolute Gasteiger partial charge is 0.467 e. The SMILES string of the molecule is COCCn1c(C)cc(C(=O)CSc2nnnn2Cc2ccco2)c1C. The Balaban J connectivity index is 1.66. The summed E-state index contributed by atoms with van der Waals surface area (Å²) in [4.78, 5) is 12.7. The molecule has 0 aliphatic heterocycles. The Labute approximate surface area is 155 Å². The number of aromatic nitrogens is 5. The molecule has 0 aliphatic carbocycles. The minimum absolute atomic E-state index is 0.0549. The van der Waals surface area contributed by atoms with Gasteiger partial charge in [-0.25, -0.2) is 4.68 Å². The van der Waals surface area contributed by atoms with Crippen molar-refractivity contribution >= 4 is 17.5 Å². The number of rotatable bonds is 9. The van der Waals surface area contributed by atoms with Crippen molar-refractivity contribution in [1.29, 1.82) is 0 Å². The number of carbonyl (C=O) groups excluding carboxylic acids is 1. The molecule has 0 unspecified atom stereocenters. The zero-order chi connectivity index (χ0) is 18.5. The van der Waals surface area contributed by atoms with Gasteiger partial charge in [0.15, 0.2) is 5.78 Å². The number of hydrogen-bond donors (Lipinski definition) is 0. The number of hydrogen-bond acceptors (Lipinski definition) is 7. The highest BCUT2D eigenvalue weighted by Gasteiger charge is 2.17. The first-order chi connectivity index (χ1) is 12.6. The number of nitrogens with zero attached hydrogens (tertiary/aromatic N) is 5. The maximum Gasteiger partial charge on any atom is 0.210 e. The van der Waals surface area contributed by atoms with Gasteiger partial charge < -0.3 is 13.7 Å². The maximum absolute atomic E-state index is 12.7. The second-order valence-corrected chi connectivity index (χ2v) is 6.78. The second-order valence-electron chi connectivity index (χ2n) is 5.84. The molecule has 3 heterocycles. The van der Waals surface area contributed by atoms with E-state index in [0.29, 0.717) is 18.3 Å². The van der Waals surface area contributed by atoms with Crippen LogP contribution in [0, 0.1) is 13.8 Å². The fraction of sp³-hybridized carbons (Fsp3) is 0.412. The summed E-state index contributed by atoms with van der Waals surface area (Å²) in [6, 6.07) is 5.60. The van der Waals surface area contributed by atoms with E-state index in [1.54, 1.807) is 18.1 Å². The van der Waals surface area contributed by atoms with Gasteiger partial charge in [-0.1, -0.05) is 11.8 Å². The van der Waals surface area contributed by atoms with Crippen LogP contribution in [0.2, 0.25) is 0 Å². The van der Waals surface area contributed by atoms with Gasteiger partial charge in [-0.2, -0.15) is 0 Å². The molecular weight excluding hydrogens is 354 g/mol. The third kappa shape index (κ3) is 4.05. The van der Waals surface area contributed by atoms with Crippen LogP contribution in [-0.4, -0.2) is 50.0 Å². The monoisotopic (exact) mass is 375 g/mol. The molecule has 0 fully saturated rings. The topological polar surface area (TPSA) is 88.0 Å². The zero-order valence-corrected chi connectivity index (χ0v) is 15.8. The van der Waals surface area contributed by atoms with E-state index >= 15 is 0 Å². The van der Waals surface area contributed by atoms with E-state index < -0.39 is 0 Å². The van der Waals surface area contributed by atoms with Gasteiger partial charge in [0.2, 0.25) is 5.16 Å². The fourth-order valence-corrected chi connectivity index (χ4v) is 3.53. The number of furan rings is 1. The van der Waals surface area contributed by atoms with Gasteiger partial charge in [0, 0.05) is 30.6 Å². The molecule has 9 heteroatoms. The highest BCUT2D eigenvalue weighted by atomic mass is 32.2. The lowest BCUT2D eigenvalue weighted by atomic mass is 10.2. The van der Waals surface area contributed by atoms with Gasteiger partial charge in [-0.3, -0.25) is 4.79 Å². The fourth-order valence-electron chi connectivity index (χ4n) is 2.77. The lowest BCUT2D eigenvalue weighted by molar-refractivity contribution is 0.102. The summed E-state index contributed by atoms with van der Waals surface area (Å²) in [6.45, 7) is 5.73. The molecule has 0 amide bonds. The molecule has 3 rings (SSSR count). The first-order valence-corrected chi connectivity index (χ1v) is 9.19. The van der Waals surface area contributed by atoms with E-state index in [-0.39, 0.29) is 11.5 Å². The maximum atomic E-state index is 12.7. The molecule has 0 bridgehead atoms. The van der Waals surface area contributed by atoms with E-state index in [9.17, 15) is 4.79 Å². The standard InChI is InChI=1S/C17H21N5O3S/c1-12-9-15(13(2)21(12)6-8-24-3)16(23)11-26-17-18-19-20-22(17)10-14-5-4-7-25-14/h4-5,7,9H,6,8,10-11H2,1-3H3. The van der Waals surface area contributed by atoms with Crippen molar-refractivity contribution in [2.45, 2.75) is 32.1 Å². The first-order valence-electron chi connectivity index (χ1n) is 8.20. The molecule has 0 radical (unpaired) electrons. The Kier molecular flexibility index (Phi) is 5.89. The molecule has 0 N–H and O–H groups in total. The molecule has 0 saturated heterocycles. The van der Waals surface area contributed by atoms with Crippen molar-refractivity contribution in [3.05, 3.63) is 47.2 Å². The molecule has 0 atom stereocenters. The predicted molar refractivity (Wildman–Crippen MR) is 96.5 cm³/mol. The summed E-state index contributed by atoms with van der Waals surface area (Å²) in [5, 5.41) is 12.2. The number of tetrazole rings is 1. The predicted octanol–water partition coefficient (Wildman–Crippen LogP) is 2.35. The van der Waals surface area contributed by atoms with Crippen LogP contribution in [-0.2, 0) is 17.8 Å². The Hall–Kier alpha value is -2.39. The van der Waals surface area contributed by atoms with Gasteiger partial charge in [0.25, 0.3) is 0 Å². The minimum Gasteiger partial charge on any atom is -0.467 e. The molecule has 3 aromatic heterocycles.